The lowest BCUT2D eigenvalue weighted by Crippen LogP contribution is -2.49. The highest BCUT2D eigenvalue weighted by Crippen LogP contribution is 2.20. The Hall–Kier alpha value is -2.85. The fourth-order valence-electron chi connectivity index (χ4n) is 2.79. The summed E-state index contributed by atoms with van der Waals surface area (Å²) in [6.45, 7) is 0. The molecule has 0 saturated carbocycles. The Kier molecular flexibility index (Phi) is 6.23. The Morgan fingerprint density at radius 1 is 1.21 bits per heavy atom. The fourth-order valence-corrected chi connectivity index (χ4v) is 3.45. The topological polar surface area (TPSA) is 81.8 Å². The van der Waals surface area contributed by atoms with Gasteiger partial charge in [0.15, 0.2) is 5.11 Å². The predicted molar refractivity (Wildman–Crippen MR) is 112 cm³/mol. The van der Waals surface area contributed by atoms with Crippen LogP contribution in [0.15, 0.2) is 53.0 Å². The van der Waals surface area contributed by atoms with Crippen LogP contribution in [0.4, 0.5) is 10.1 Å². The van der Waals surface area contributed by atoms with Crippen molar-refractivity contribution in [1.29, 1.82) is 0 Å². The van der Waals surface area contributed by atoms with Crippen molar-refractivity contribution < 1.29 is 18.8 Å². The molecule has 1 aliphatic heterocycles. The zero-order valence-corrected chi connectivity index (χ0v) is 17.6. The van der Waals surface area contributed by atoms with E-state index in [-0.39, 0.29) is 17.1 Å². The normalized spacial score (nSPS) is 16.2. The summed E-state index contributed by atoms with van der Waals surface area (Å²) in [5, 5.41) is 3.90. The van der Waals surface area contributed by atoms with Crippen LogP contribution in [0.5, 0.6) is 0 Å². The number of nitrogens with one attached hydrogen (secondary N) is 2. The van der Waals surface area contributed by atoms with Crippen LogP contribution in [0.1, 0.15) is 16.8 Å². The maximum atomic E-state index is 13.4. The molecule has 1 unspecified atom stereocenters. The summed E-state index contributed by atoms with van der Waals surface area (Å²) in [6.07, 6.45) is -0.237. The smallest absolute Gasteiger partial charge is 0.269 e. The van der Waals surface area contributed by atoms with Crippen molar-refractivity contribution >= 4 is 56.7 Å². The van der Waals surface area contributed by atoms with E-state index >= 15 is 0 Å². The number of anilines is 1. The van der Waals surface area contributed by atoms with Gasteiger partial charge in [-0.2, -0.15) is 0 Å². The van der Waals surface area contributed by atoms with Crippen molar-refractivity contribution in [2.75, 3.05) is 12.4 Å². The first kappa shape index (κ1) is 20.9. The van der Waals surface area contributed by atoms with Crippen LogP contribution in [0.2, 0.25) is 0 Å². The second kappa shape index (κ2) is 8.66. The van der Waals surface area contributed by atoms with Crippen LogP contribution in [0.25, 0.3) is 0 Å². The van der Waals surface area contributed by atoms with Gasteiger partial charge in [0.1, 0.15) is 11.9 Å². The molecule has 0 radical (unpaired) electrons. The van der Waals surface area contributed by atoms with Crippen molar-refractivity contribution in [3.8, 4) is 0 Å². The quantitative estimate of drug-likeness (QED) is 0.645. The first-order valence-corrected chi connectivity index (χ1v) is 9.69. The molecule has 7 nitrogen and oxygen atoms in total. The van der Waals surface area contributed by atoms with E-state index in [1.165, 1.54) is 30.1 Å². The van der Waals surface area contributed by atoms with Gasteiger partial charge in [0.25, 0.3) is 11.8 Å². The molecule has 1 heterocycles. The maximum absolute atomic E-state index is 13.4. The van der Waals surface area contributed by atoms with E-state index in [1.54, 1.807) is 18.2 Å². The summed E-state index contributed by atoms with van der Waals surface area (Å²) in [5.41, 5.74) is 3.12. The second-order valence-corrected chi connectivity index (χ2v) is 7.56. The number of hydrazine groups is 1. The maximum Gasteiger partial charge on any atom is 0.269 e. The average molecular weight is 479 g/mol. The van der Waals surface area contributed by atoms with E-state index < -0.39 is 29.6 Å². The SMILES string of the molecule is CN1C(=O)C(CC(=O)Nc2cccc(Br)c2)N(NC(=O)c2cccc(F)c2)C1=S. The van der Waals surface area contributed by atoms with Gasteiger partial charge in [0.05, 0.1) is 6.42 Å². The zero-order valence-electron chi connectivity index (χ0n) is 15.2. The van der Waals surface area contributed by atoms with Crippen molar-refractivity contribution in [3.63, 3.8) is 0 Å². The van der Waals surface area contributed by atoms with Crippen LogP contribution >= 0.6 is 28.1 Å². The lowest BCUT2D eigenvalue weighted by molar-refractivity contribution is -0.130. The van der Waals surface area contributed by atoms with Crippen LogP contribution in [0, 0.1) is 5.82 Å². The number of thiocarbonyl (C=S) groups is 1. The third-order valence-corrected chi connectivity index (χ3v) is 5.18. The lowest BCUT2D eigenvalue weighted by Gasteiger charge is -2.24. The van der Waals surface area contributed by atoms with Crippen molar-refractivity contribution in [3.05, 3.63) is 64.4 Å². The molecule has 1 fully saturated rings. The Labute approximate surface area is 180 Å². The van der Waals surface area contributed by atoms with Crippen molar-refractivity contribution in [2.24, 2.45) is 0 Å². The molecule has 3 amide bonds. The predicted octanol–water partition coefficient (Wildman–Crippen LogP) is 2.69. The van der Waals surface area contributed by atoms with E-state index in [2.05, 4.69) is 26.7 Å². The number of carbonyl (C=O) groups is 3. The van der Waals surface area contributed by atoms with Crippen LogP contribution in [0.3, 0.4) is 0 Å². The number of hydrogen-bond acceptors (Lipinski definition) is 4. The molecule has 2 aromatic carbocycles. The number of benzene rings is 2. The molecule has 1 aliphatic rings. The molecule has 0 spiro atoms. The number of amides is 3. The highest BCUT2D eigenvalue weighted by Gasteiger charge is 2.42. The van der Waals surface area contributed by atoms with E-state index in [1.807, 2.05) is 6.07 Å². The second-order valence-electron chi connectivity index (χ2n) is 6.28. The summed E-state index contributed by atoms with van der Waals surface area (Å²) in [6, 6.07) is 11.1. The summed E-state index contributed by atoms with van der Waals surface area (Å²) in [4.78, 5) is 38.6. The van der Waals surface area contributed by atoms with Gasteiger partial charge < -0.3 is 5.32 Å². The monoisotopic (exact) mass is 478 g/mol. The Balaban J connectivity index is 1.74. The molecule has 1 saturated heterocycles. The first-order valence-electron chi connectivity index (χ1n) is 8.49. The average Bonchev–Trinajstić information content (AvgIpc) is 2.86. The number of likely N-dealkylation sites (N-methyl/N-ethyl adjacent to an activating group) is 1. The molecule has 0 aliphatic carbocycles. The standard InChI is InChI=1S/C19H16BrFN4O3S/c1-24-18(28)15(10-16(26)22-14-7-3-5-12(20)9-14)25(19(24)29)23-17(27)11-4-2-6-13(21)8-11/h2-9,15H,10H2,1H3,(H,22,26)(H,23,27). The van der Waals surface area contributed by atoms with Gasteiger partial charge in [-0.05, 0) is 48.6 Å². The molecule has 2 aromatic rings. The summed E-state index contributed by atoms with van der Waals surface area (Å²) < 4.78 is 14.2. The van der Waals surface area contributed by atoms with Gasteiger partial charge in [-0.15, -0.1) is 0 Å². The summed E-state index contributed by atoms with van der Waals surface area (Å²) in [5.74, 6) is -2.07. The van der Waals surface area contributed by atoms with Gasteiger partial charge in [-0.1, -0.05) is 28.1 Å². The first-order chi connectivity index (χ1) is 13.8. The van der Waals surface area contributed by atoms with E-state index in [0.29, 0.717) is 5.69 Å². The van der Waals surface area contributed by atoms with E-state index in [0.717, 1.165) is 15.5 Å². The van der Waals surface area contributed by atoms with Gasteiger partial charge in [0, 0.05) is 22.8 Å². The Morgan fingerprint density at radius 2 is 1.93 bits per heavy atom. The minimum atomic E-state index is -1.02. The summed E-state index contributed by atoms with van der Waals surface area (Å²) in [7, 11) is 1.46. The number of carbonyl (C=O) groups excluding carboxylic acids is 3. The zero-order chi connectivity index (χ0) is 21.1. The molecular weight excluding hydrogens is 463 g/mol. The molecule has 150 valence electrons. The van der Waals surface area contributed by atoms with Gasteiger partial charge >= 0.3 is 0 Å². The minimum absolute atomic E-state index is 0.0417. The molecule has 29 heavy (non-hydrogen) atoms. The highest BCUT2D eigenvalue weighted by molar-refractivity contribution is 9.10. The van der Waals surface area contributed by atoms with Crippen molar-refractivity contribution in [2.45, 2.75) is 12.5 Å². The fraction of sp³-hybridized carbons (Fsp3) is 0.158. The van der Waals surface area contributed by atoms with Crippen molar-refractivity contribution in [1.82, 2.24) is 15.3 Å². The molecule has 0 aromatic heterocycles. The van der Waals surface area contributed by atoms with E-state index in [9.17, 15) is 18.8 Å². The molecule has 1 atom stereocenters. The highest BCUT2D eigenvalue weighted by atomic mass is 79.9. The molecule has 0 bridgehead atoms. The van der Waals surface area contributed by atoms with Gasteiger partial charge in [-0.3, -0.25) is 24.7 Å². The van der Waals surface area contributed by atoms with Crippen LogP contribution in [-0.4, -0.2) is 45.8 Å². The Morgan fingerprint density at radius 3 is 2.62 bits per heavy atom. The van der Waals surface area contributed by atoms with E-state index in [4.69, 9.17) is 12.2 Å². The third-order valence-electron chi connectivity index (χ3n) is 4.22. The number of nitrogens with zero attached hydrogens (tertiary/aromatic N) is 2. The number of rotatable bonds is 5. The third kappa shape index (κ3) is 4.77. The molecule has 3 rings (SSSR count). The Bertz CT molecular complexity index is 1000. The lowest BCUT2D eigenvalue weighted by atomic mass is 10.2. The van der Waals surface area contributed by atoms with Gasteiger partial charge in [0.2, 0.25) is 5.91 Å². The van der Waals surface area contributed by atoms with Crippen LogP contribution < -0.4 is 10.7 Å². The largest absolute Gasteiger partial charge is 0.326 e. The minimum Gasteiger partial charge on any atom is -0.326 e. The summed E-state index contributed by atoms with van der Waals surface area (Å²) >= 11 is 8.53. The molecule has 2 N–H and O–H groups in total. The molecule has 10 heteroatoms. The van der Waals surface area contributed by atoms with Gasteiger partial charge in [-0.25, -0.2) is 9.40 Å². The van der Waals surface area contributed by atoms with Crippen LogP contribution in [-0.2, 0) is 9.59 Å². The number of hydrogen-bond donors (Lipinski definition) is 2. The number of halogens is 2. The molecular formula is C19H16BrFN4O3S.